The van der Waals surface area contributed by atoms with Gasteiger partial charge in [0.25, 0.3) is 0 Å². The quantitative estimate of drug-likeness (QED) is 0.178. The van der Waals surface area contributed by atoms with E-state index in [0.29, 0.717) is 17.9 Å². The Morgan fingerprint density at radius 1 is 1.14 bits per heavy atom. The fraction of sp³-hybridized carbons (Fsp3) is 0.618. The van der Waals surface area contributed by atoms with E-state index in [9.17, 15) is 4.39 Å². The van der Waals surface area contributed by atoms with E-state index in [1.807, 2.05) is 12.1 Å². The summed E-state index contributed by atoms with van der Waals surface area (Å²) in [7, 11) is 0. The average Bonchev–Trinajstić information content (AvgIpc) is 3.17. The topological polar surface area (TPSA) is 24.9 Å². The lowest BCUT2D eigenvalue weighted by Gasteiger charge is -2.37. The fourth-order valence-electron chi connectivity index (χ4n) is 8.75. The van der Waals surface area contributed by atoms with Crippen LogP contribution in [0.2, 0.25) is 0 Å². The summed E-state index contributed by atoms with van der Waals surface area (Å²) in [5.41, 5.74) is 4.71. The van der Waals surface area contributed by atoms with Crippen LogP contribution in [0.25, 0.3) is 6.08 Å². The van der Waals surface area contributed by atoms with Gasteiger partial charge in [0.05, 0.1) is 6.10 Å². The summed E-state index contributed by atoms with van der Waals surface area (Å²) in [5, 5.41) is 0. The van der Waals surface area contributed by atoms with Crippen LogP contribution < -0.4 is 0 Å². The largest absolute Gasteiger partial charge is 0.365 e. The zero-order valence-electron chi connectivity index (χ0n) is 22.7. The zero-order valence-corrected chi connectivity index (χ0v) is 22.7. The van der Waals surface area contributed by atoms with Gasteiger partial charge in [-0.1, -0.05) is 88.8 Å². The number of hydrogen-bond donors (Lipinski definition) is 0. The van der Waals surface area contributed by atoms with Crippen LogP contribution in [0.4, 0.5) is 4.39 Å². The smallest absolute Gasteiger partial charge is 0.123 e. The third-order valence-corrected chi connectivity index (χ3v) is 10.8. The lowest BCUT2D eigenvalue weighted by Crippen LogP contribution is -2.45. The van der Waals surface area contributed by atoms with Crippen molar-refractivity contribution in [2.45, 2.75) is 109 Å². The average molecular weight is 502 g/mol. The molecule has 5 aliphatic rings. The van der Waals surface area contributed by atoms with Crippen molar-refractivity contribution in [2.75, 3.05) is 0 Å². The van der Waals surface area contributed by atoms with Crippen LogP contribution in [-0.2, 0) is 11.2 Å². The maximum Gasteiger partial charge on any atom is 0.123 e. The second-order valence-corrected chi connectivity index (χ2v) is 12.7. The molecule has 0 amide bonds. The van der Waals surface area contributed by atoms with Crippen molar-refractivity contribution in [2.24, 2.45) is 28.2 Å². The number of ether oxygens (including phenoxy) is 1. The fourth-order valence-corrected chi connectivity index (χ4v) is 8.75. The first-order valence-electron chi connectivity index (χ1n) is 15.1. The van der Waals surface area contributed by atoms with Crippen molar-refractivity contribution >= 4 is 11.8 Å². The van der Waals surface area contributed by atoms with E-state index in [0.717, 1.165) is 42.7 Å². The van der Waals surface area contributed by atoms with Gasteiger partial charge in [-0.2, -0.15) is 0 Å². The molecule has 0 bridgehead atoms. The highest BCUT2D eigenvalue weighted by Gasteiger charge is 2.79. The molecular weight excluding hydrogens is 457 g/mol. The Labute approximate surface area is 223 Å². The van der Waals surface area contributed by atoms with E-state index in [1.165, 1.54) is 75.6 Å². The number of halogens is 1. The molecule has 2 aliphatic heterocycles. The van der Waals surface area contributed by atoms with Crippen molar-refractivity contribution in [3.63, 3.8) is 0 Å². The number of benzene rings is 1. The molecule has 4 fully saturated rings. The molecule has 1 aromatic carbocycles. The van der Waals surface area contributed by atoms with Gasteiger partial charge in [-0.05, 0) is 79.5 Å². The van der Waals surface area contributed by atoms with Gasteiger partial charge in [0.1, 0.15) is 11.4 Å². The summed E-state index contributed by atoms with van der Waals surface area (Å²) in [6, 6.07) is 5.22. The van der Waals surface area contributed by atoms with Crippen LogP contribution in [-0.4, -0.2) is 17.4 Å². The third-order valence-electron chi connectivity index (χ3n) is 10.8. The number of aliphatic imine (C=N–C) groups is 1. The first-order chi connectivity index (χ1) is 18.0. The van der Waals surface area contributed by atoms with E-state index >= 15 is 0 Å². The lowest BCUT2D eigenvalue weighted by atomic mass is 9.66. The van der Waals surface area contributed by atoms with Gasteiger partial charge in [0.15, 0.2) is 0 Å². The molecule has 6 rings (SSSR count). The van der Waals surface area contributed by atoms with Crippen LogP contribution in [0.15, 0.2) is 53.7 Å². The highest BCUT2D eigenvalue weighted by Crippen LogP contribution is 2.72. The van der Waals surface area contributed by atoms with E-state index in [1.54, 1.807) is 18.2 Å². The molecule has 3 heteroatoms. The van der Waals surface area contributed by atoms with E-state index in [-0.39, 0.29) is 16.8 Å². The summed E-state index contributed by atoms with van der Waals surface area (Å²) in [6.45, 7) is 6.26. The highest BCUT2D eigenvalue weighted by atomic mass is 19.1. The summed E-state index contributed by atoms with van der Waals surface area (Å²) in [4.78, 5) is 5.34. The Hall–Kier alpha value is -2.00. The molecule has 0 aromatic heterocycles. The molecule has 198 valence electrons. The van der Waals surface area contributed by atoms with E-state index < -0.39 is 0 Å². The predicted octanol–water partition coefficient (Wildman–Crippen LogP) is 9.01. The molecule has 0 N–H and O–H groups in total. The van der Waals surface area contributed by atoms with Crippen LogP contribution in [0.1, 0.15) is 102 Å². The van der Waals surface area contributed by atoms with Crippen LogP contribution >= 0.6 is 0 Å². The molecule has 37 heavy (non-hydrogen) atoms. The first kappa shape index (κ1) is 25.3. The molecule has 1 spiro atoms. The minimum absolute atomic E-state index is 0.0365. The minimum Gasteiger partial charge on any atom is -0.365 e. The monoisotopic (exact) mass is 501 g/mol. The Morgan fingerprint density at radius 3 is 2.81 bits per heavy atom. The van der Waals surface area contributed by atoms with Gasteiger partial charge in [-0.3, -0.25) is 4.99 Å². The predicted molar refractivity (Wildman–Crippen MR) is 151 cm³/mol. The summed E-state index contributed by atoms with van der Waals surface area (Å²) in [5.74, 6) is 1.84. The van der Waals surface area contributed by atoms with Gasteiger partial charge in [-0.25, -0.2) is 4.39 Å². The lowest BCUT2D eigenvalue weighted by molar-refractivity contribution is 0.141. The number of epoxide rings is 1. The van der Waals surface area contributed by atoms with Gasteiger partial charge in [0.2, 0.25) is 0 Å². The first-order valence-corrected chi connectivity index (χ1v) is 15.1. The Balaban J connectivity index is 1.18. The Kier molecular flexibility index (Phi) is 7.03. The molecule has 3 aliphatic carbocycles. The van der Waals surface area contributed by atoms with Crippen molar-refractivity contribution in [3.8, 4) is 0 Å². The normalized spacial score (nSPS) is 34.9. The molecule has 0 radical (unpaired) electrons. The van der Waals surface area contributed by atoms with Crippen molar-refractivity contribution in [3.05, 3.63) is 65.6 Å². The second-order valence-electron chi connectivity index (χ2n) is 12.7. The molecule has 1 aromatic rings. The van der Waals surface area contributed by atoms with Crippen LogP contribution in [0, 0.1) is 29.0 Å². The summed E-state index contributed by atoms with van der Waals surface area (Å²) < 4.78 is 20.9. The standard InChI is InChI=1S/C34H44FNO/c1-3-4-13-25-15-17-29(35)22-26(25)21-28-23-27-16-20-32-34(27,37-32)33(28,2)31-19-18-30(36-31)14-9-8-12-24-10-6-5-7-11-24/h3-4,13,15,17-18,22,24,27-28,32H,1,5-12,14,16,19-21,23H2,2H3/b13-4+. The van der Waals surface area contributed by atoms with Crippen molar-refractivity contribution in [1.82, 2.24) is 0 Å². The van der Waals surface area contributed by atoms with E-state index in [2.05, 4.69) is 25.7 Å². The highest BCUT2D eigenvalue weighted by molar-refractivity contribution is 5.96. The SMILES string of the molecule is C=C/C=C/c1ccc(F)cc1CC1CC2CCC3OC23C1(C)C1=NC(CCCCC2CCCCC2)=CC1. The van der Waals surface area contributed by atoms with Gasteiger partial charge in [0, 0.05) is 23.2 Å². The van der Waals surface area contributed by atoms with Crippen LogP contribution in [0.5, 0.6) is 0 Å². The molecule has 3 saturated carbocycles. The number of allylic oxidation sites excluding steroid dienone is 4. The second kappa shape index (κ2) is 10.3. The molecule has 2 nitrogen and oxygen atoms in total. The number of nitrogens with zero attached hydrogens (tertiary/aromatic N) is 1. The minimum atomic E-state index is -0.153. The van der Waals surface area contributed by atoms with Gasteiger partial charge < -0.3 is 4.74 Å². The molecule has 5 atom stereocenters. The third kappa shape index (κ3) is 4.50. The van der Waals surface area contributed by atoms with Gasteiger partial charge in [-0.15, -0.1) is 0 Å². The molecule has 5 unspecified atom stereocenters. The molecular formula is C34H44FNO. The Bertz CT molecular complexity index is 1110. The number of unbranched alkanes of at least 4 members (excludes halogenated alkanes) is 1. The van der Waals surface area contributed by atoms with E-state index in [4.69, 9.17) is 9.73 Å². The summed E-state index contributed by atoms with van der Waals surface area (Å²) in [6.07, 6.45) is 26.4. The maximum absolute atomic E-state index is 14.4. The van der Waals surface area contributed by atoms with Crippen LogP contribution in [0.3, 0.4) is 0 Å². The van der Waals surface area contributed by atoms with Crippen molar-refractivity contribution < 1.29 is 9.13 Å². The molecule has 1 saturated heterocycles. The van der Waals surface area contributed by atoms with Crippen molar-refractivity contribution in [1.29, 1.82) is 0 Å². The number of hydrogen-bond acceptors (Lipinski definition) is 2. The zero-order chi connectivity index (χ0) is 25.5. The summed E-state index contributed by atoms with van der Waals surface area (Å²) >= 11 is 0. The van der Waals surface area contributed by atoms with Gasteiger partial charge >= 0.3 is 0 Å². The molecule has 2 heterocycles. The number of rotatable bonds is 10. The Morgan fingerprint density at radius 2 is 2.00 bits per heavy atom. The maximum atomic E-state index is 14.4.